The Bertz CT molecular complexity index is 1320. The van der Waals surface area contributed by atoms with Crippen LogP contribution in [0.4, 0.5) is 17.6 Å². The number of hydrogen-bond acceptors (Lipinski definition) is 8. The van der Waals surface area contributed by atoms with E-state index in [1.165, 1.54) is 12.1 Å². The summed E-state index contributed by atoms with van der Waals surface area (Å²) in [6.07, 6.45) is -6.39. The number of aliphatic hydroxyl groups is 2. The summed E-state index contributed by atoms with van der Waals surface area (Å²) in [5, 5.41) is 48.3. The molecule has 9 nitrogen and oxygen atoms in total. The number of β-amino-alcohol motifs (C(OH)–C–C–N with tert-alkyl or cyclic N) is 1. The van der Waals surface area contributed by atoms with Crippen molar-refractivity contribution in [2.45, 2.75) is 22.8 Å². The van der Waals surface area contributed by atoms with Gasteiger partial charge in [0.15, 0.2) is 11.5 Å². The number of ether oxygens (including phenoxy) is 1. The van der Waals surface area contributed by atoms with Gasteiger partial charge in [-0.1, -0.05) is 0 Å². The molecule has 0 radical (unpaired) electrons. The largest absolute Gasteiger partial charge is 0.504 e. The lowest BCUT2D eigenvalue weighted by atomic mass is 10.0. The maximum absolute atomic E-state index is 13.9. The van der Waals surface area contributed by atoms with E-state index in [-0.39, 0.29) is 0 Å². The molecule has 3 N–H and O–H groups in total. The third-order valence-electron chi connectivity index (χ3n) is 5.18. The molecule has 0 spiro atoms. The molecule has 1 aliphatic rings. The number of phenols is 1. The zero-order chi connectivity index (χ0) is 25.5. The first-order valence-electron chi connectivity index (χ1n) is 9.31. The van der Waals surface area contributed by atoms with E-state index in [1.54, 1.807) is 0 Å². The second-order valence-corrected chi connectivity index (χ2v) is 9.30. The molecule has 14 heteroatoms. The summed E-state index contributed by atoms with van der Waals surface area (Å²) in [7, 11) is -4.67. The van der Waals surface area contributed by atoms with Gasteiger partial charge in [-0.05, 0) is 18.2 Å². The Hall–Kier alpha value is -3.43. The first-order valence-corrected chi connectivity index (χ1v) is 10.7. The summed E-state index contributed by atoms with van der Waals surface area (Å²) in [6, 6.07) is 5.71. The lowest BCUT2D eigenvalue weighted by molar-refractivity contribution is -0.137. The van der Waals surface area contributed by atoms with E-state index in [0.29, 0.717) is 28.6 Å². The van der Waals surface area contributed by atoms with Crippen molar-refractivity contribution < 1.29 is 46.0 Å². The van der Waals surface area contributed by atoms with Gasteiger partial charge < -0.3 is 20.1 Å². The lowest BCUT2D eigenvalue weighted by Gasteiger charge is -2.27. The standard InChI is InChI=1S/C20H15F4N3O6S/c21-14-5-16(15(29)4-11(14)6-25)33-18-8-27(9-19(18,30)10-28)34(31,32)17-2-1-13(20(22,23)24)3-12(17)7-26/h1-5,18,28-30H,8-10H2/t18?,19-/m1/s1. The molecule has 1 heterocycles. The molecular weight excluding hydrogens is 486 g/mol. The monoisotopic (exact) mass is 501 g/mol. The fourth-order valence-corrected chi connectivity index (χ4v) is 4.97. The number of phenolic OH excluding ortho intramolecular Hbond substituents is 1. The molecule has 0 bridgehead atoms. The number of nitriles is 2. The molecule has 0 saturated carbocycles. The predicted molar refractivity (Wildman–Crippen MR) is 104 cm³/mol. The molecule has 34 heavy (non-hydrogen) atoms. The lowest BCUT2D eigenvalue weighted by Crippen LogP contribution is -2.48. The fourth-order valence-electron chi connectivity index (χ4n) is 3.34. The van der Waals surface area contributed by atoms with Gasteiger partial charge in [-0.25, -0.2) is 12.8 Å². The average Bonchev–Trinajstić information content (AvgIpc) is 3.12. The average molecular weight is 501 g/mol. The molecule has 1 aliphatic heterocycles. The highest BCUT2D eigenvalue weighted by Crippen LogP contribution is 2.37. The van der Waals surface area contributed by atoms with E-state index in [4.69, 9.17) is 10.00 Å². The minimum absolute atomic E-state index is 0.368. The number of alkyl halides is 3. The molecule has 0 amide bonds. The number of aromatic hydroxyl groups is 1. The molecule has 3 rings (SSSR count). The van der Waals surface area contributed by atoms with E-state index in [0.717, 1.165) is 6.07 Å². The molecular formula is C20H15F4N3O6S. The van der Waals surface area contributed by atoms with Gasteiger partial charge >= 0.3 is 6.18 Å². The Morgan fingerprint density at radius 2 is 1.82 bits per heavy atom. The number of aliphatic hydroxyl groups excluding tert-OH is 1. The Labute approximate surface area is 190 Å². The summed E-state index contributed by atoms with van der Waals surface area (Å²) >= 11 is 0. The summed E-state index contributed by atoms with van der Waals surface area (Å²) in [6.45, 7) is -2.50. The van der Waals surface area contributed by atoms with Crippen LogP contribution >= 0.6 is 0 Å². The van der Waals surface area contributed by atoms with Crippen molar-refractivity contribution in [2.24, 2.45) is 0 Å². The van der Waals surface area contributed by atoms with Crippen LogP contribution in [0, 0.1) is 28.5 Å². The van der Waals surface area contributed by atoms with Crippen LogP contribution in [-0.2, 0) is 16.2 Å². The number of hydrogen-bond donors (Lipinski definition) is 3. The second kappa shape index (κ2) is 8.73. The number of halogens is 4. The maximum atomic E-state index is 13.9. The van der Waals surface area contributed by atoms with Crippen LogP contribution in [0.15, 0.2) is 35.2 Å². The third kappa shape index (κ3) is 4.49. The zero-order valence-electron chi connectivity index (χ0n) is 16.9. The third-order valence-corrected chi connectivity index (χ3v) is 7.05. The fraction of sp³-hybridized carbons (Fsp3) is 0.300. The summed E-state index contributed by atoms with van der Waals surface area (Å²) in [5.41, 5.74) is -4.80. The van der Waals surface area contributed by atoms with Crippen LogP contribution in [0.2, 0.25) is 0 Å². The Balaban J connectivity index is 1.97. The Morgan fingerprint density at radius 1 is 1.18 bits per heavy atom. The van der Waals surface area contributed by atoms with Crippen LogP contribution in [-0.4, -0.2) is 59.4 Å². The normalized spacial score (nSPS) is 21.1. The van der Waals surface area contributed by atoms with Crippen LogP contribution in [0.5, 0.6) is 11.5 Å². The summed E-state index contributed by atoms with van der Waals surface area (Å²) < 4.78 is 84.8. The molecule has 180 valence electrons. The number of sulfonamides is 1. The number of benzene rings is 2. The highest BCUT2D eigenvalue weighted by atomic mass is 32.2. The van der Waals surface area contributed by atoms with Crippen LogP contribution in [0.25, 0.3) is 0 Å². The maximum Gasteiger partial charge on any atom is 0.416 e. The van der Waals surface area contributed by atoms with Crippen LogP contribution < -0.4 is 4.74 Å². The molecule has 0 aliphatic carbocycles. The zero-order valence-corrected chi connectivity index (χ0v) is 17.7. The second-order valence-electron chi connectivity index (χ2n) is 7.40. The minimum Gasteiger partial charge on any atom is -0.504 e. The van der Waals surface area contributed by atoms with E-state index in [1.807, 2.05) is 0 Å². The van der Waals surface area contributed by atoms with Gasteiger partial charge in [0.25, 0.3) is 0 Å². The molecule has 2 aromatic carbocycles. The smallest absolute Gasteiger partial charge is 0.416 e. The predicted octanol–water partition coefficient (Wildman–Crippen LogP) is 1.47. The van der Waals surface area contributed by atoms with Crippen molar-refractivity contribution in [1.82, 2.24) is 4.31 Å². The summed E-state index contributed by atoms with van der Waals surface area (Å²) in [5.74, 6) is -2.33. The van der Waals surface area contributed by atoms with E-state index in [9.17, 15) is 46.6 Å². The van der Waals surface area contributed by atoms with Crippen molar-refractivity contribution in [1.29, 1.82) is 10.5 Å². The van der Waals surface area contributed by atoms with Gasteiger partial charge in [0.2, 0.25) is 10.0 Å². The summed E-state index contributed by atoms with van der Waals surface area (Å²) in [4.78, 5) is -0.767. The van der Waals surface area contributed by atoms with Crippen molar-refractivity contribution >= 4 is 10.0 Å². The molecule has 1 saturated heterocycles. The van der Waals surface area contributed by atoms with Crippen molar-refractivity contribution in [3.05, 3.63) is 52.8 Å². The van der Waals surface area contributed by atoms with E-state index in [2.05, 4.69) is 0 Å². The highest BCUT2D eigenvalue weighted by molar-refractivity contribution is 7.89. The first-order chi connectivity index (χ1) is 15.8. The molecule has 2 atom stereocenters. The van der Waals surface area contributed by atoms with Crippen molar-refractivity contribution in [3.8, 4) is 23.6 Å². The van der Waals surface area contributed by atoms with Crippen LogP contribution in [0.3, 0.4) is 0 Å². The van der Waals surface area contributed by atoms with E-state index >= 15 is 0 Å². The van der Waals surface area contributed by atoms with Gasteiger partial charge in [-0.2, -0.15) is 28.0 Å². The van der Waals surface area contributed by atoms with Gasteiger partial charge in [0.05, 0.1) is 34.7 Å². The molecule has 0 aromatic heterocycles. The highest BCUT2D eigenvalue weighted by Gasteiger charge is 2.51. The minimum atomic E-state index is -4.82. The van der Waals surface area contributed by atoms with E-state index < -0.39 is 86.5 Å². The molecule has 2 aromatic rings. The number of rotatable bonds is 5. The SMILES string of the molecule is N#Cc1cc(O)c(OC2CN(S(=O)(=O)c3ccc(C(F)(F)F)cc3C#N)C[C@@]2(O)CO)cc1F. The number of nitrogens with zero attached hydrogens (tertiary/aromatic N) is 3. The quantitative estimate of drug-likeness (QED) is 0.521. The molecule has 1 unspecified atom stereocenters. The first kappa shape index (κ1) is 25.2. The van der Waals surface area contributed by atoms with Gasteiger partial charge in [0, 0.05) is 18.7 Å². The van der Waals surface area contributed by atoms with Gasteiger partial charge in [0.1, 0.15) is 29.7 Å². The van der Waals surface area contributed by atoms with Crippen LogP contribution in [0.1, 0.15) is 16.7 Å². The Morgan fingerprint density at radius 3 is 2.38 bits per heavy atom. The molecule has 1 fully saturated rings. The topological polar surface area (TPSA) is 155 Å². The van der Waals surface area contributed by atoms with Crippen molar-refractivity contribution in [3.63, 3.8) is 0 Å². The van der Waals surface area contributed by atoms with Crippen molar-refractivity contribution in [2.75, 3.05) is 19.7 Å². The van der Waals surface area contributed by atoms with Gasteiger partial charge in [-0.3, -0.25) is 0 Å². The van der Waals surface area contributed by atoms with Gasteiger partial charge in [-0.15, -0.1) is 0 Å². The Kier molecular flexibility index (Phi) is 6.47.